The maximum atomic E-state index is 11.8. The molecule has 2 rings (SSSR count). The monoisotopic (exact) mass is 319 g/mol. The third-order valence-corrected chi connectivity index (χ3v) is 3.33. The van der Waals surface area contributed by atoms with E-state index in [2.05, 4.69) is 16.0 Å². The average Bonchev–Trinajstić information content (AvgIpc) is 2.81. The van der Waals surface area contributed by atoms with Crippen molar-refractivity contribution >= 4 is 36.4 Å². The molecular formula is C14H23Cl2N3O. The molecule has 1 aliphatic heterocycles. The second kappa shape index (κ2) is 9.06. The molecule has 3 N–H and O–H groups in total. The van der Waals surface area contributed by atoms with Gasteiger partial charge >= 0.3 is 0 Å². The molecule has 0 aromatic heterocycles. The van der Waals surface area contributed by atoms with E-state index in [9.17, 15) is 4.79 Å². The number of carbonyl (C=O) groups excluding carboxylic acids is 1. The number of rotatable bonds is 4. The zero-order valence-electron chi connectivity index (χ0n) is 11.9. The van der Waals surface area contributed by atoms with Crippen LogP contribution in [0.1, 0.15) is 17.5 Å². The Hall–Kier alpha value is -0.970. The number of carbonyl (C=O) groups is 1. The highest BCUT2D eigenvalue weighted by Crippen LogP contribution is 2.18. The summed E-state index contributed by atoms with van der Waals surface area (Å²) in [6.45, 7) is 6.31. The van der Waals surface area contributed by atoms with E-state index in [4.69, 9.17) is 0 Å². The Balaban J connectivity index is 0.00000180. The molecule has 1 aromatic carbocycles. The lowest BCUT2D eigenvalue weighted by Crippen LogP contribution is -2.39. The molecule has 1 unspecified atom stereocenters. The Morgan fingerprint density at radius 3 is 2.50 bits per heavy atom. The van der Waals surface area contributed by atoms with Gasteiger partial charge in [0.2, 0.25) is 5.91 Å². The van der Waals surface area contributed by atoms with Crippen molar-refractivity contribution < 1.29 is 4.79 Å². The second-order valence-electron chi connectivity index (χ2n) is 4.88. The van der Waals surface area contributed by atoms with Crippen LogP contribution < -0.4 is 16.0 Å². The standard InChI is InChI=1S/C14H21N3O.2ClH/c1-10-4-3-5-11(2)14(10)16-9-13(18)17-12-6-7-15-8-12;;/h3-5,12,15-16H,6-9H2,1-2H3,(H,17,18);2*1H. The molecule has 1 aliphatic rings. The van der Waals surface area contributed by atoms with Gasteiger partial charge in [-0.15, -0.1) is 24.8 Å². The lowest BCUT2D eigenvalue weighted by Gasteiger charge is -2.14. The third kappa shape index (κ3) is 5.19. The van der Waals surface area contributed by atoms with Crippen molar-refractivity contribution in [2.75, 3.05) is 25.0 Å². The molecule has 0 aliphatic carbocycles. The van der Waals surface area contributed by atoms with Crippen LogP contribution in [0.4, 0.5) is 5.69 Å². The van der Waals surface area contributed by atoms with Crippen LogP contribution in [0.5, 0.6) is 0 Å². The molecule has 1 heterocycles. The Labute approximate surface area is 132 Å². The van der Waals surface area contributed by atoms with Gasteiger partial charge in [-0.3, -0.25) is 4.79 Å². The Morgan fingerprint density at radius 2 is 1.95 bits per heavy atom. The second-order valence-corrected chi connectivity index (χ2v) is 4.88. The topological polar surface area (TPSA) is 53.2 Å². The normalized spacial score (nSPS) is 16.8. The average molecular weight is 320 g/mol. The smallest absolute Gasteiger partial charge is 0.239 e. The van der Waals surface area contributed by atoms with E-state index in [1.165, 1.54) is 11.1 Å². The van der Waals surface area contributed by atoms with Crippen LogP contribution in [0, 0.1) is 13.8 Å². The van der Waals surface area contributed by atoms with Gasteiger partial charge in [0.05, 0.1) is 6.54 Å². The maximum absolute atomic E-state index is 11.8. The number of nitrogens with one attached hydrogen (secondary N) is 3. The van der Waals surface area contributed by atoms with Gasteiger partial charge in [0.15, 0.2) is 0 Å². The van der Waals surface area contributed by atoms with E-state index in [1.54, 1.807) is 0 Å². The molecule has 1 saturated heterocycles. The minimum absolute atomic E-state index is 0. The number of aryl methyl sites for hydroxylation is 2. The van der Waals surface area contributed by atoms with Gasteiger partial charge in [0.25, 0.3) is 0 Å². The Kier molecular flexibility index (Phi) is 8.62. The van der Waals surface area contributed by atoms with E-state index in [0.717, 1.165) is 25.2 Å². The number of anilines is 1. The van der Waals surface area contributed by atoms with Crippen molar-refractivity contribution in [3.8, 4) is 0 Å². The van der Waals surface area contributed by atoms with E-state index < -0.39 is 0 Å². The summed E-state index contributed by atoms with van der Waals surface area (Å²) in [6.07, 6.45) is 1.02. The first kappa shape index (κ1) is 19.0. The van der Waals surface area contributed by atoms with Gasteiger partial charge in [-0.1, -0.05) is 18.2 Å². The van der Waals surface area contributed by atoms with Crippen LogP contribution in [-0.2, 0) is 4.79 Å². The lowest BCUT2D eigenvalue weighted by molar-refractivity contribution is -0.119. The van der Waals surface area contributed by atoms with Crippen molar-refractivity contribution in [2.24, 2.45) is 0 Å². The highest BCUT2D eigenvalue weighted by Gasteiger charge is 2.16. The molecule has 1 atom stereocenters. The van der Waals surface area contributed by atoms with Crippen molar-refractivity contribution in [1.29, 1.82) is 0 Å². The van der Waals surface area contributed by atoms with Crippen LogP contribution in [-0.4, -0.2) is 31.6 Å². The van der Waals surface area contributed by atoms with E-state index in [-0.39, 0.29) is 36.8 Å². The summed E-state index contributed by atoms with van der Waals surface area (Å²) in [5.74, 6) is 0.0614. The number of halogens is 2. The molecule has 0 spiro atoms. The molecule has 6 heteroatoms. The first-order valence-electron chi connectivity index (χ1n) is 6.47. The van der Waals surface area contributed by atoms with Crippen LogP contribution in [0.25, 0.3) is 0 Å². The first-order chi connectivity index (χ1) is 8.66. The number of benzene rings is 1. The summed E-state index contributed by atoms with van der Waals surface area (Å²) < 4.78 is 0. The molecule has 0 saturated carbocycles. The van der Waals surface area contributed by atoms with Crippen LogP contribution >= 0.6 is 24.8 Å². The molecule has 1 amide bonds. The summed E-state index contributed by atoms with van der Waals surface area (Å²) in [4.78, 5) is 11.8. The highest BCUT2D eigenvalue weighted by molar-refractivity contribution is 5.85. The molecule has 1 aromatic rings. The van der Waals surface area contributed by atoms with Gasteiger partial charge in [-0.2, -0.15) is 0 Å². The molecule has 20 heavy (non-hydrogen) atoms. The Morgan fingerprint density at radius 1 is 1.30 bits per heavy atom. The zero-order valence-corrected chi connectivity index (χ0v) is 13.5. The summed E-state index contributed by atoms with van der Waals surface area (Å²) in [6, 6.07) is 6.42. The van der Waals surface area contributed by atoms with Gasteiger partial charge in [-0.25, -0.2) is 0 Å². The van der Waals surface area contributed by atoms with Crippen LogP contribution in [0.2, 0.25) is 0 Å². The van der Waals surface area contributed by atoms with Gasteiger partial charge < -0.3 is 16.0 Å². The molecule has 1 fully saturated rings. The third-order valence-electron chi connectivity index (χ3n) is 3.33. The van der Waals surface area contributed by atoms with E-state index in [1.807, 2.05) is 32.0 Å². The quantitative estimate of drug-likeness (QED) is 0.796. The maximum Gasteiger partial charge on any atom is 0.239 e. The fourth-order valence-electron chi connectivity index (χ4n) is 2.32. The fraction of sp³-hybridized carbons (Fsp3) is 0.500. The number of hydrogen-bond donors (Lipinski definition) is 3. The first-order valence-corrected chi connectivity index (χ1v) is 6.47. The molecule has 4 nitrogen and oxygen atoms in total. The van der Waals surface area contributed by atoms with Crippen LogP contribution in [0.3, 0.4) is 0 Å². The summed E-state index contributed by atoms with van der Waals surface area (Å²) in [7, 11) is 0. The van der Waals surface area contributed by atoms with Crippen molar-refractivity contribution in [1.82, 2.24) is 10.6 Å². The van der Waals surface area contributed by atoms with E-state index >= 15 is 0 Å². The number of para-hydroxylation sites is 1. The lowest BCUT2D eigenvalue weighted by atomic mass is 10.1. The number of amides is 1. The molecule has 0 radical (unpaired) electrons. The Bertz CT molecular complexity index is 414. The predicted octanol–water partition coefficient (Wildman–Crippen LogP) is 2.04. The SMILES string of the molecule is Cc1cccc(C)c1NCC(=O)NC1CCNC1.Cl.Cl. The van der Waals surface area contributed by atoms with Crippen molar-refractivity contribution in [2.45, 2.75) is 26.3 Å². The summed E-state index contributed by atoms with van der Waals surface area (Å²) >= 11 is 0. The largest absolute Gasteiger partial charge is 0.376 e. The predicted molar refractivity (Wildman–Crippen MR) is 88.3 cm³/mol. The molecule has 114 valence electrons. The zero-order chi connectivity index (χ0) is 13.0. The molecular weight excluding hydrogens is 297 g/mol. The minimum Gasteiger partial charge on any atom is -0.376 e. The van der Waals surface area contributed by atoms with Gasteiger partial charge in [-0.05, 0) is 37.9 Å². The minimum atomic E-state index is 0. The summed E-state index contributed by atoms with van der Waals surface area (Å²) in [5.41, 5.74) is 3.41. The molecule has 0 bridgehead atoms. The number of hydrogen-bond acceptors (Lipinski definition) is 3. The fourth-order valence-corrected chi connectivity index (χ4v) is 2.32. The van der Waals surface area contributed by atoms with Gasteiger partial charge in [0.1, 0.15) is 0 Å². The van der Waals surface area contributed by atoms with Crippen molar-refractivity contribution in [3.63, 3.8) is 0 Å². The van der Waals surface area contributed by atoms with Crippen LogP contribution in [0.15, 0.2) is 18.2 Å². The van der Waals surface area contributed by atoms with E-state index in [0.29, 0.717) is 6.54 Å². The summed E-state index contributed by atoms with van der Waals surface area (Å²) in [5, 5.41) is 9.48. The van der Waals surface area contributed by atoms with Gasteiger partial charge in [0, 0.05) is 18.3 Å². The van der Waals surface area contributed by atoms with Crippen molar-refractivity contribution in [3.05, 3.63) is 29.3 Å². The highest BCUT2D eigenvalue weighted by atomic mass is 35.5.